The Hall–Kier alpha value is -2.77. The minimum atomic E-state index is -0.711. The molecule has 13 heteroatoms. The Kier molecular flexibility index (Phi) is 16.5. The predicted octanol–water partition coefficient (Wildman–Crippen LogP) is 2.43. The largest absolute Gasteiger partial charge is 0.468 e. The lowest BCUT2D eigenvalue weighted by Crippen LogP contribution is -2.47. The molecule has 13 nitrogen and oxygen atoms in total. The van der Waals surface area contributed by atoms with Crippen molar-refractivity contribution in [2.45, 2.75) is 105 Å². The lowest BCUT2D eigenvalue weighted by atomic mass is 10.2. The van der Waals surface area contributed by atoms with Crippen molar-refractivity contribution in [3.8, 4) is 0 Å². The van der Waals surface area contributed by atoms with Crippen molar-refractivity contribution in [3.05, 3.63) is 0 Å². The number of carbonyl (C=O) groups excluding carboxylic acids is 5. The van der Waals surface area contributed by atoms with Gasteiger partial charge in [0.15, 0.2) is 0 Å². The fraction of sp³-hybridized carbons (Fsp3) is 0.839. The van der Waals surface area contributed by atoms with Crippen molar-refractivity contribution in [1.82, 2.24) is 14.7 Å². The molecule has 0 bridgehead atoms. The van der Waals surface area contributed by atoms with Gasteiger partial charge in [-0.25, -0.2) is 0 Å². The van der Waals surface area contributed by atoms with Crippen LogP contribution in [-0.2, 0) is 47.7 Å². The molecule has 0 atom stereocenters. The average molecular weight is 632 g/mol. The van der Waals surface area contributed by atoms with Gasteiger partial charge in [-0.3, -0.25) is 38.7 Å². The number of hydrogen-bond acceptors (Lipinski definition) is 13. The van der Waals surface area contributed by atoms with Crippen molar-refractivity contribution in [2.24, 2.45) is 0 Å². The van der Waals surface area contributed by atoms with Crippen molar-refractivity contribution < 1.29 is 47.7 Å². The fourth-order valence-electron chi connectivity index (χ4n) is 3.74. The first-order valence-electron chi connectivity index (χ1n) is 14.9. The summed E-state index contributed by atoms with van der Waals surface area (Å²) in [6.45, 7) is 21.1. The average Bonchev–Trinajstić information content (AvgIpc) is 2.74. The summed E-state index contributed by atoms with van der Waals surface area (Å²) in [5.41, 5.74) is -2.84. The molecule has 0 aromatic rings. The number of hydrogen-bond donors (Lipinski definition) is 0. The highest BCUT2D eigenvalue weighted by atomic mass is 16.6. The monoisotopic (exact) mass is 631 g/mol. The zero-order valence-electron chi connectivity index (χ0n) is 29.3. The Bertz CT molecular complexity index is 828. The molecule has 0 N–H and O–H groups in total. The standard InChI is InChI=1S/C31H57N3O10/c1-28(2,3)41-24(36)19-33(20-25(37)42-29(4,5)6)16-14-32(18-23(35)40-13)15-17-34(21-26(38)43-30(7,8)9)22-27(39)44-31(10,11)12/h14-22H2,1-13H3. The Labute approximate surface area is 263 Å². The van der Waals surface area contributed by atoms with Crippen LogP contribution in [-0.4, -0.2) is 133 Å². The molecule has 0 amide bonds. The van der Waals surface area contributed by atoms with Crippen LogP contribution in [0.15, 0.2) is 0 Å². The predicted molar refractivity (Wildman–Crippen MR) is 165 cm³/mol. The molecule has 0 rings (SSSR count). The third-order valence-electron chi connectivity index (χ3n) is 5.14. The Morgan fingerprint density at radius 1 is 0.386 bits per heavy atom. The van der Waals surface area contributed by atoms with E-state index in [1.165, 1.54) is 7.11 Å². The summed E-state index contributed by atoms with van der Waals surface area (Å²) in [6, 6.07) is 0. The molecule has 0 saturated heterocycles. The number of esters is 5. The normalized spacial score (nSPS) is 12.7. The first-order chi connectivity index (χ1) is 19.8. The summed E-state index contributed by atoms with van der Waals surface area (Å²) in [5, 5.41) is 0. The minimum absolute atomic E-state index is 0.101. The van der Waals surface area contributed by atoms with Gasteiger partial charge in [0.1, 0.15) is 22.4 Å². The van der Waals surface area contributed by atoms with Crippen LogP contribution in [0.5, 0.6) is 0 Å². The molecule has 0 radical (unpaired) electrons. The molecule has 0 saturated carbocycles. The van der Waals surface area contributed by atoms with Crippen LogP contribution in [0.1, 0.15) is 83.1 Å². The molecule has 0 aliphatic heterocycles. The highest BCUT2D eigenvalue weighted by Gasteiger charge is 2.26. The number of rotatable bonds is 16. The van der Waals surface area contributed by atoms with E-state index in [-0.39, 0.29) is 58.9 Å². The number of methoxy groups -OCH3 is 1. The van der Waals surface area contributed by atoms with Gasteiger partial charge in [0.2, 0.25) is 0 Å². The SMILES string of the molecule is COC(=O)CN(CCN(CC(=O)OC(C)(C)C)CC(=O)OC(C)(C)C)CCN(CC(=O)OC(C)(C)C)CC(=O)OC(C)(C)C. The summed E-state index contributed by atoms with van der Waals surface area (Å²) in [4.78, 5) is 67.7. The quantitative estimate of drug-likeness (QED) is 0.182. The molecule has 0 unspecified atom stereocenters. The van der Waals surface area contributed by atoms with Crippen LogP contribution in [0.4, 0.5) is 0 Å². The molecule has 0 aromatic carbocycles. The Morgan fingerprint density at radius 3 is 0.795 bits per heavy atom. The van der Waals surface area contributed by atoms with E-state index >= 15 is 0 Å². The van der Waals surface area contributed by atoms with Crippen LogP contribution in [0.2, 0.25) is 0 Å². The molecule has 0 fully saturated rings. The van der Waals surface area contributed by atoms with Gasteiger partial charge >= 0.3 is 29.8 Å². The molecular formula is C31H57N3O10. The van der Waals surface area contributed by atoms with Crippen molar-refractivity contribution in [1.29, 1.82) is 0 Å². The topological polar surface area (TPSA) is 141 Å². The van der Waals surface area contributed by atoms with Gasteiger partial charge in [0.25, 0.3) is 0 Å². The van der Waals surface area contributed by atoms with E-state index < -0.39 is 52.3 Å². The Morgan fingerprint density at radius 2 is 0.591 bits per heavy atom. The molecule has 44 heavy (non-hydrogen) atoms. The first kappa shape index (κ1) is 41.2. The molecule has 0 heterocycles. The van der Waals surface area contributed by atoms with Crippen molar-refractivity contribution in [2.75, 3.05) is 66.0 Å². The highest BCUT2D eigenvalue weighted by Crippen LogP contribution is 2.12. The molecule has 0 aromatic heterocycles. The highest BCUT2D eigenvalue weighted by molar-refractivity contribution is 5.76. The van der Waals surface area contributed by atoms with E-state index in [1.807, 2.05) is 0 Å². The number of carbonyl (C=O) groups is 5. The maximum Gasteiger partial charge on any atom is 0.320 e. The van der Waals surface area contributed by atoms with Crippen molar-refractivity contribution in [3.63, 3.8) is 0 Å². The second kappa shape index (κ2) is 17.6. The smallest absolute Gasteiger partial charge is 0.320 e. The lowest BCUT2D eigenvalue weighted by molar-refractivity contribution is -0.162. The summed E-state index contributed by atoms with van der Waals surface area (Å²) in [7, 11) is 1.27. The van der Waals surface area contributed by atoms with Crippen LogP contribution < -0.4 is 0 Å². The van der Waals surface area contributed by atoms with E-state index in [4.69, 9.17) is 23.7 Å². The van der Waals surface area contributed by atoms with Gasteiger partial charge in [-0.1, -0.05) is 0 Å². The van der Waals surface area contributed by atoms with Crippen LogP contribution >= 0.6 is 0 Å². The lowest BCUT2D eigenvalue weighted by Gasteiger charge is -2.30. The minimum Gasteiger partial charge on any atom is -0.468 e. The number of nitrogens with zero attached hydrogens (tertiary/aromatic N) is 3. The van der Waals surface area contributed by atoms with E-state index in [0.717, 1.165) is 0 Å². The third-order valence-corrected chi connectivity index (χ3v) is 5.14. The first-order valence-corrected chi connectivity index (χ1v) is 14.9. The van der Waals surface area contributed by atoms with Crippen LogP contribution in [0.3, 0.4) is 0 Å². The van der Waals surface area contributed by atoms with E-state index in [1.54, 1.807) is 97.8 Å². The van der Waals surface area contributed by atoms with Gasteiger partial charge < -0.3 is 23.7 Å². The van der Waals surface area contributed by atoms with Gasteiger partial charge in [0, 0.05) is 26.2 Å². The van der Waals surface area contributed by atoms with E-state index in [2.05, 4.69) is 0 Å². The summed E-state index contributed by atoms with van der Waals surface area (Å²) >= 11 is 0. The maximum absolute atomic E-state index is 12.6. The molecule has 256 valence electrons. The van der Waals surface area contributed by atoms with Gasteiger partial charge in [-0.2, -0.15) is 0 Å². The second-order valence-corrected chi connectivity index (χ2v) is 14.6. The molecule has 0 spiro atoms. The van der Waals surface area contributed by atoms with Gasteiger partial charge in [-0.05, 0) is 83.1 Å². The molecule has 0 aliphatic rings. The van der Waals surface area contributed by atoms with E-state index in [9.17, 15) is 24.0 Å². The third kappa shape index (κ3) is 23.7. The Balaban J connectivity index is 5.82. The zero-order chi connectivity index (χ0) is 34.5. The zero-order valence-corrected chi connectivity index (χ0v) is 29.3. The number of ether oxygens (including phenoxy) is 5. The van der Waals surface area contributed by atoms with Gasteiger partial charge in [-0.15, -0.1) is 0 Å². The maximum atomic E-state index is 12.6. The van der Waals surface area contributed by atoms with Crippen molar-refractivity contribution >= 4 is 29.8 Å². The van der Waals surface area contributed by atoms with Crippen LogP contribution in [0, 0.1) is 0 Å². The molecule has 0 aliphatic carbocycles. The molecular weight excluding hydrogens is 574 g/mol. The fourth-order valence-corrected chi connectivity index (χ4v) is 3.74. The van der Waals surface area contributed by atoms with Crippen LogP contribution in [0.25, 0.3) is 0 Å². The van der Waals surface area contributed by atoms with E-state index in [0.29, 0.717) is 0 Å². The summed E-state index contributed by atoms with van der Waals surface area (Å²) < 4.78 is 26.7. The van der Waals surface area contributed by atoms with Gasteiger partial charge in [0.05, 0.1) is 39.8 Å². The second-order valence-electron chi connectivity index (χ2n) is 14.6. The summed E-state index contributed by atoms with van der Waals surface area (Å²) in [5.74, 6) is -2.55. The summed E-state index contributed by atoms with van der Waals surface area (Å²) in [6.07, 6.45) is 0.